The lowest BCUT2D eigenvalue weighted by Crippen LogP contribution is -2.31. The molecule has 8 heteroatoms. The molecular formula is C19H21F3N2O3. The van der Waals surface area contributed by atoms with Crippen molar-refractivity contribution in [2.75, 3.05) is 13.7 Å². The van der Waals surface area contributed by atoms with Crippen molar-refractivity contribution in [1.82, 2.24) is 10.3 Å². The molecule has 0 bridgehead atoms. The molecule has 5 nitrogen and oxygen atoms in total. The Morgan fingerprint density at radius 1 is 1.15 bits per heavy atom. The van der Waals surface area contributed by atoms with E-state index in [1.165, 1.54) is 18.3 Å². The number of hydrogen-bond acceptors (Lipinski definition) is 4. The van der Waals surface area contributed by atoms with Crippen LogP contribution in [0.25, 0.3) is 0 Å². The van der Waals surface area contributed by atoms with Gasteiger partial charge in [-0.2, -0.15) is 13.2 Å². The van der Waals surface area contributed by atoms with Gasteiger partial charge in [0.15, 0.2) is 6.61 Å². The summed E-state index contributed by atoms with van der Waals surface area (Å²) in [5, 5.41) is 2.92. The fourth-order valence-corrected chi connectivity index (χ4v) is 2.43. The van der Waals surface area contributed by atoms with E-state index in [2.05, 4.69) is 15.0 Å². The number of ether oxygens (including phenoxy) is 2. The molecule has 0 radical (unpaired) electrons. The molecule has 1 amide bonds. The predicted molar refractivity (Wildman–Crippen MR) is 93.8 cm³/mol. The fourth-order valence-electron chi connectivity index (χ4n) is 2.43. The Morgan fingerprint density at radius 3 is 2.30 bits per heavy atom. The Hall–Kier alpha value is -2.77. The Morgan fingerprint density at radius 2 is 1.81 bits per heavy atom. The smallest absolute Gasteiger partial charge is 0.422 e. The molecule has 2 aromatic rings. The number of hydrogen-bond donors (Lipinski definition) is 1. The molecule has 1 unspecified atom stereocenters. The summed E-state index contributed by atoms with van der Waals surface area (Å²) < 4.78 is 46.1. The minimum atomic E-state index is -4.44. The average Bonchev–Trinajstić information content (AvgIpc) is 2.64. The molecule has 0 saturated carbocycles. The minimum Gasteiger partial charge on any atom is -0.497 e. The van der Waals surface area contributed by atoms with Crippen molar-refractivity contribution in [2.45, 2.75) is 26.1 Å². The first-order valence-electron chi connectivity index (χ1n) is 8.30. The summed E-state index contributed by atoms with van der Waals surface area (Å²) >= 11 is 0. The quantitative estimate of drug-likeness (QED) is 0.781. The molecule has 1 N–H and O–H groups in total. The van der Waals surface area contributed by atoms with Gasteiger partial charge in [-0.25, -0.2) is 4.98 Å². The number of carbonyl (C=O) groups is 1. The largest absolute Gasteiger partial charge is 0.497 e. The molecule has 1 aromatic carbocycles. The van der Waals surface area contributed by atoms with Crippen LogP contribution >= 0.6 is 0 Å². The van der Waals surface area contributed by atoms with E-state index in [0.717, 1.165) is 5.56 Å². The second kappa shape index (κ2) is 8.75. The van der Waals surface area contributed by atoms with Gasteiger partial charge in [0.25, 0.3) is 5.91 Å². The van der Waals surface area contributed by atoms with E-state index >= 15 is 0 Å². The van der Waals surface area contributed by atoms with E-state index in [0.29, 0.717) is 5.75 Å². The predicted octanol–water partition coefficient (Wildman–Crippen LogP) is 4.16. The lowest BCUT2D eigenvalue weighted by Gasteiger charge is -2.23. The number of methoxy groups -OCH3 is 1. The van der Waals surface area contributed by atoms with E-state index in [1.807, 2.05) is 38.1 Å². The van der Waals surface area contributed by atoms with Gasteiger partial charge in [-0.15, -0.1) is 0 Å². The zero-order valence-corrected chi connectivity index (χ0v) is 15.2. The van der Waals surface area contributed by atoms with Crippen LogP contribution in [0.5, 0.6) is 11.6 Å². The SMILES string of the molecule is COc1ccc(C(NC(=O)c2ccc(OCC(F)(F)F)nc2)C(C)C)cc1. The van der Waals surface area contributed by atoms with Crippen molar-refractivity contribution in [3.8, 4) is 11.6 Å². The maximum absolute atomic E-state index is 12.5. The number of halogens is 3. The van der Waals surface area contributed by atoms with Crippen LogP contribution in [0.3, 0.4) is 0 Å². The highest BCUT2D eigenvalue weighted by Gasteiger charge is 2.28. The second-order valence-electron chi connectivity index (χ2n) is 6.26. The number of nitrogens with one attached hydrogen (secondary N) is 1. The zero-order valence-electron chi connectivity index (χ0n) is 15.2. The van der Waals surface area contributed by atoms with Crippen LogP contribution in [0.15, 0.2) is 42.6 Å². The Bertz CT molecular complexity index is 744. The first kappa shape index (κ1) is 20.5. The van der Waals surface area contributed by atoms with Crippen molar-refractivity contribution in [2.24, 2.45) is 5.92 Å². The lowest BCUT2D eigenvalue weighted by atomic mass is 9.95. The van der Waals surface area contributed by atoms with Crippen LogP contribution in [0.2, 0.25) is 0 Å². The van der Waals surface area contributed by atoms with Gasteiger partial charge in [-0.1, -0.05) is 26.0 Å². The maximum Gasteiger partial charge on any atom is 0.422 e. The molecule has 146 valence electrons. The zero-order chi connectivity index (χ0) is 20.0. The molecule has 0 saturated heterocycles. The molecule has 1 aromatic heterocycles. The Kier molecular flexibility index (Phi) is 6.65. The third-order valence-corrected chi connectivity index (χ3v) is 3.81. The van der Waals surface area contributed by atoms with Crippen molar-refractivity contribution < 1.29 is 27.4 Å². The molecule has 0 aliphatic rings. The number of benzene rings is 1. The fraction of sp³-hybridized carbons (Fsp3) is 0.368. The molecule has 27 heavy (non-hydrogen) atoms. The number of rotatable bonds is 7. The highest BCUT2D eigenvalue weighted by Crippen LogP contribution is 2.24. The van der Waals surface area contributed by atoms with Crippen molar-refractivity contribution in [1.29, 1.82) is 0 Å². The van der Waals surface area contributed by atoms with Gasteiger partial charge in [-0.3, -0.25) is 4.79 Å². The molecular weight excluding hydrogens is 361 g/mol. The highest BCUT2D eigenvalue weighted by atomic mass is 19.4. The third-order valence-electron chi connectivity index (χ3n) is 3.81. The van der Waals surface area contributed by atoms with Gasteiger partial charge >= 0.3 is 6.18 Å². The van der Waals surface area contributed by atoms with E-state index in [9.17, 15) is 18.0 Å². The minimum absolute atomic E-state index is 0.115. The van der Waals surface area contributed by atoms with Crippen LogP contribution in [-0.2, 0) is 0 Å². The van der Waals surface area contributed by atoms with Crippen molar-refractivity contribution >= 4 is 5.91 Å². The first-order chi connectivity index (χ1) is 12.7. The van der Waals surface area contributed by atoms with Crippen LogP contribution in [0.1, 0.15) is 35.8 Å². The summed E-state index contributed by atoms with van der Waals surface area (Å²) in [6.07, 6.45) is -3.26. The van der Waals surface area contributed by atoms with Gasteiger partial charge in [0, 0.05) is 12.3 Å². The molecule has 0 aliphatic carbocycles. The number of alkyl halides is 3. The summed E-state index contributed by atoms with van der Waals surface area (Å²) in [4.78, 5) is 16.2. The number of pyridine rings is 1. The maximum atomic E-state index is 12.5. The molecule has 2 rings (SSSR count). The van der Waals surface area contributed by atoms with Crippen molar-refractivity contribution in [3.63, 3.8) is 0 Å². The summed E-state index contributed by atoms with van der Waals surface area (Å²) in [7, 11) is 1.58. The molecule has 1 atom stereocenters. The van der Waals surface area contributed by atoms with E-state index in [-0.39, 0.29) is 29.3 Å². The number of aromatic nitrogens is 1. The van der Waals surface area contributed by atoms with Crippen LogP contribution in [-0.4, -0.2) is 30.8 Å². The van der Waals surface area contributed by atoms with Gasteiger partial charge < -0.3 is 14.8 Å². The normalized spacial score (nSPS) is 12.6. The number of carbonyl (C=O) groups excluding carboxylic acids is 1. The van der Waals surface area contributed by atoms with Crippen LogP contribution in [0.4, 0.5) is 13.2 Å². The Balaban J connectivity index is 2.06. The monoisotopic (exact) mass is 382 g/mol. The highest BCUT2D eigenvalue weighted by molar-refractivity contribution is 5.94. The van der Waals surface area contributed by atoms with Gasteiger partial charge in [0.05, 0.1) is 18.7 Å². The van der Waals surface area contributed by atoms with Gasteiger partial charge in [0.1, 0.15) is 5.75 Å². The Labute approximate surface area is 155 Å². The topological polar surface area (TPSA) is 60.5 Å². The number of amides is 1. The molecule has 0 fully saturated rings. The van der Waals surface area contributed by atoms with Gasteiger partial charge in [-0.05, 0) is 29.7 Å². The average molecular weight is 382 g/mol. The number of nitrogens with zero attached hydrogens (tertiary/aromatic N) is 1. The van der Waals surface area contributed by atoms with Gasteiger partial charge in [0.2, 0.25) is 5.88 Å². The molecule has 1 heterocycles. The summed E-state index contributed by atoms with van der Waals surface area (Å²) in [5.41, 5.74) is 1.14. The van der Waals surface area contributed by atoms with E-state index in [4.69, 9.17) is 4.74 Å². The van der Waals surface area contributed by atoms with Crippen molar-refractivity contribution in [3.05, 3.63) is 53.7 Å². The van der Waals surface area contributed by atoms with E-state index in [1.54, 1.807) is 7.11 Å². The summed E-state index contributed by atoms with van der Waals surface area (Å²) in [6, 6.07) is 9.73. The molecule has 0 aliphatic heterocycles. The van der Waals surface area contributed by atoms with Crippen LogP contribution in [0, 0.1) is 5.92 Å². The molecule has 0 spiro atoms. The lowest BCUT2D eigenvalue weighted by molar-refractivity contribution is -0.154. The van der Waals surface area contributed by atoms with E-state index < -0.39 is 12.8 Å². The standard InChI is InChI=1S/C19H21F3N2O3/c1-12(2)17(13-4-7-15(26-3)8-5-13)24-18(25)14-6-9-16(23-10-14)27-11-19(20,21)22/h4-10,12,17H,11H2,1-3H3,(H,24,25). The first-order valence-corrected chi connectivity index (χ1v) is 8.30. The summed E-state index contributed by atoms with van der Waals surface area (Å²) in [6.45, 7) is 2.52. The summed E-state index contributed by atoms with van der Waals surface area (Å²) in [5.74, 6) is 0.259. The van der Waals surface area contributed by atoms with Crippen LogP contribution < -0.4 is 14.8 Å². The third kappa shape index (κ3) is 6.16. The second-order valence-corrected chi connectivity index (χ2v) is 6.26.